The van der Waals surface area contributed by atoms with Crippen molar-refractivity contribution in [1.29, 1.82) is 0 Å². The third-order valence-electron chi connectivity index (χ3n) is 3.86. The van der Waals surface area contributed by atoms with E-state index in [4.69, 9.17) is 4.42 Å². The van der Waals surface area contributed by atoms with Gasteiger partial charge in [-0.3, -0.25) is 0 Å². The Morgan fingerprint density at radius 2 is 2.00 bits per heavy atom. The van der Waals surface area contributed by atoms with Crippen molar-refractivity contribution in [2.75, 3.05) is 6.54 Å². The van der Waals surface area contributed by atoms with Gasteiger partial charge in [0.15, 0.2) is 5.76 Å². The molecule has 1 aromatic heterocycles. The lowest BCUT2D eigenvalue weighted by Crippen LogP contribution is -2.47. The summed E-state index contributed by atoms with van der Waals surface area (Å²) in [7, 11) is 0. The molecule has 2 amide bonds. The van der Waals surface area contributed by atoms with E-state index in [0.717, 1.165) is 5.56 Å². The molecule has 0 aliphatic rings. The topological polar surface area (TPSA) is 87.4 Å². The number of nitrogens with zero attached hydrogens (tertiary/aromatic N) is 1. The molecule has 0 aliphatic carbocycles. The average molecular weight is 317 g/mol. The Morgan fingerprint density at radius 1 is 1.30 bits per heavy atom. The second-order valence-corrected chi connectivity index (χ2v) is 6.03. The van der Waals surface area contributed by atoms with Crippen LogP contribution in [0.15, 0.2) is 40.9 Å². The van der Waals surface area contributed by atoms with Crippen LogP contribution in [0.1, 0.15) is 26.7 Å². The standard InChI is InChI=1S/C17H23N3O3/c1-12(2)17(3,22)11-20-16(21)19-10-15-18-9-14(23-15)13-7-5-4-6-8-13/h4-9,12,22H,10-11H2,1-3H3,(H2,19,20,21). The molecular weight excluding hydrogens is 294 g/mol. The summed E-state index contributed by atoms with van der Waals surface area (Å²) in [5.74, 6) is 1.13. The second-order valence-electron chi connectivity index (χ2n) is 6.03. The maximum Gasteiger partial charge on any atom is 0.315 e. The Balaban J connectivity index is 1.82. The number of rotatable bonds is 6. The minimum absolute atomic E-state index is 0.0444. The molecule has 0 saturated heterocycles. The molecule has 23 heavy (non-hydrogen) atoms. The molecule has 0 aliphatic heterocycles. The molecule has 1 unspecified atom stereocenters. The quantitative estimate of drug-likeness (QED) is 0.764. The van der Waals surface area contributed by atoms with E-state index in [-0.39, 0.29) is 25.0 Å². The molecule has 2 rings (SSSR count). The first kappa shape index (κ1) is 17.0. The molecule has 1 heterocycles. The summed E-state index contributed by atoms with van der Waals surface area (Å²) >= 11 is 0. The van der Waals surface area contributed by atoms with Gasteiger partial charge in [0, 0.05) is 12.1 Å². The van der Waals surface area contributed by atoms with E-state index in [1.807, 2.05) is 44.2 Å². The van der Waals surface area contributed by atoms with Gasteiger partial charge in [0.2, 0.25) is 5.89 Å². The Bertz CT molecular complexity index is 636. The molecule has 0 bridgehead atoms. The monoisotopic (exact) mass is 317 g/mol. The number of urea groups is 1. The third kappa shape index (κ3) is 4.82. The predicted octanol–water partition coefficient (Wildman–Crippen LogP) is 2.55. The Labute approximate surface area is 135 Å². The van der Waals surface area contributed by atoms with Crippen molar-refractivity contribution in [3.05, 3.63) is 42.4 Å². The van der Waals surface area contributed by atoms with Crippen LogP contribution in [0.25, 0.3) is 11.3 Å². The number of hydrogen-bond acceptors (Lipinski definition) is 4. The van der Waals surface area contributed by atoms with Crippen LogP contribution in [0.5, 0.6) is 0 Å². The van der Waals surface area contributed by atoms with Crippen LogP contribution < -0.4 is 10.6 Å². The van der Waals surface area contributed by atoms with Crippen LogP contribution in [-0.2, 0) is 6.54 Å². The van der Waals surface area contributed by atoms with E-state index in [9.17, 15) is 9.90 Å². The van der Waals surface area contributed by atoms with Crippen molar-refractivity contribution in [2.24, 2.45) is 5.92 Å². The van der Waals surface area contributed by atoms with Crippen molar-refractivity contribution in [1.82, 2.24) is 15.6 Å². The van der Waals surface area contributed by atoms with Crippen molar-refractivity contribution in [2.45, 2.75) is 32.9 Å². The first-order chi connectivity index (χ1) is 10.9. The smallest absolute Gasteiger partial charge is 0.315 e. The first-order valence-electron chi connectivity index (χ1n) is 7.62. The van der Waals surface area contributed by atoms with Gasteiger partial charge in [-0.05, 0) is 12.8 Å². The van der Waals surface area contributed by atoms with E-state index in [1.165, 1.54) is 0 Å². The largest absolute Gasteiger partial charge is 0.439 e. The summed E-state index contributed by atoms with van der Waals surface area (Å²) in [4.78, 5) is 15.9. The maximum atomic E-state index is 11.8. The van der Waals surface area contributed by atoms with E-state index in [2.05, 4.69) is 15.6 Å². The number of carbonyl (C=O) groups excluding carboxylic acids is 1. The summed E-state index contributed by atoms with van der Waals surface area (Å²) in [6, 6.07) is 9.26. The van der Waals surface area contributed by atoms with Crippen LogP contribution in [0, 0.1) is 5.92 Å². The minimum atomic E-state index is -0.944. The highest BCUT2D eigenvalue weighted by Gasteiger charge is 2.25. The van der Waals surface area contributed by atoms with Crippen molar-refractivity contribution < 1.29 is 14.3 Å². The fraction of sp³-hybridized carbons (Fsp3) is 0.412. The highest BCUT2D eigenvalue weighted by Crippen LogP contribution is 2.19. The lowest BCUT2D eigenvalue weighted by Gasteiger charge is -2.27. The fourth-order valence-corrected chi connectivity index (χ4v) is 1.81. The number of oxazole rings is 1. The van der Waals surface area contributed by atoms with Crippen molar-refractivity contribution in [3.63, 3.8) is 0 Å². The zero-order valence-corrected chi connectivity index (χ0v) is 13.7. The summed E-state index contributed by atoms with van der Waals surface area (Å²) in [5.41, 5.74) is -0.00973. The highest BCUT2D eigenvalue weighted by molar-refractivity contribution is 5.73. The van der Waals surface area contributed by atoms with Crippen LogP contribution >= 0.6 is 0 Å². The number of nitrogens with one attached hydrogen (secondary N) is 2. The van der Waals surface area contributed by atoms with Gasteiger partial charge in [0.1, 0.15) is 0 Å². The summed E-state index contributed by atoms with van der Waals surface area (Å²) in [6.45, 7) is 5.85. The molecule has 0 fully saturated rings. The van der Waals surface area contributed by atoms with Gasteiger partial charge in [0.25, 0.3) is 0 Å². The number of benzene rings is 1. The van der Waals surface area contributed by atoms with Crippen molar-refractivity contribution in [3.8, 4) is 11.3 Å². The molecule has 3 N–H and O–H groups in total. The van der Waals surface area contributed by atoms with Crippen LogP contribution in [0.3, 0.4) is 0 Å². The molecule has 0 spiro atoms. The lowest BCUT2D eigenvalue weighted by atomic mass is 9.93. The zero-order valence-electron chi connectivity index (χ0n) is 13.7. The Morgan fingerprint density at radius 3 is 2.65 bits per heavy atom. The van der Waals surface area contributed by atoms with E-state index in [1.54, 1.807) is 13.1 Å². The van der Waals surface area contributed by atoms with Gasteiger partial charge in [-0.1, -0.05) is 44.2 Å². The number of carbonyl (C=O) groups is 1. The van der Waals surface area contributed by atoms with Gasteiger partial charge < -0.3 is 20.2 Å². The van der Waals surface area contributed by atoms with Crippen molar-refractivity contribution >= 4 is 6.03 Å². The maximum absolute atomic E-state index is 11.8. The Kier molecular flexibility index (Phi) is 5.39. The molecule has 0 radical (unpaired) electrons. The van der Waals surface area contributed by atoms with Crippen LogP contribution in [0.4, 0.5) is 4.79 Å². The number of amides is 2. The Hall–Kier alpha value is -2.34. The number of aromatic nitrogens is 1. The molecule has 1 aromatic carbocycles. The third-order valence-corrected chi connectivity index (χ3v) is 3.86. The van der Waals surface area contributed by atoms with E-state index >= 15 is 0 Å². The molecule has 0 saturated carbocycles. The second kappa shape index (κ2) is 7.28. The molecule has 6 nitrogen and oxygen atoms in total. The summed E-state index contributed by atoms with van der Waals surface area (Å²) in [5, 5.41) is 15.4. The molecule has 2 aromatic rings. The van der Waals surface area contributed by atoms with Crippen LogP contribution in [0.2, 0.25) is 0 Å². The predicted molar refractivity (Wildman–Crippen MR) is 87.6 cm³/mol. The van der Waals surface area contributed by atoms with E-state index in [0.29, 0.717) is 11.7 Å². The van der Waals surface area contributed by atoms with Gasteiger partial charge in [0.05, 0.1) is 18.3 Å². The lowest BCUT2D eigenvalue weighted by molar-refractivity contribution is 0.0166. The average Bonchev–Trinajstić information content (AvgIpc) is 3.01. The molecule has 6 heteroatoms. The number of aliphatic hydroxyl groups is 1. The van der Waals surface area contributed by atoms with Gasteiger partial charge in [-0.2, -0.15) is 0 Å². The first-order valence-corrected chi connectivity index (χ1v) is 7.62. The van der Waals surface area contributed by atoms with Gasteiger partial charge in [-0.15, -0.1) is 0 Å². The summed E-state index contributed by atoms with van der Waals surface area (Å²) in [6.07, 6.45) is 1.63. The van der Waals surface area contributed by atoms with Gasteiger partial charge >= 0.3 is 6.03 Å². The normalized spacial score (nSPS) is 13.6. The molecule has 124 valence electrons. The SMILES string of the molecule is CC(C)C(C)(O)CNC(=O)NCc1ncc(-c2ccccc2)o1. The summed E-state index contributed by atoms with van der Waals surface area (Å²) < 4.78 is 5.60. The van der Waals surface area contributed by atoms with Gasteiger partial charge in [-0.25, -0.2) is 9.78 Å². The molecule has 1 atom stereocenters. The van der Waals surface area contributed by atoms with Crippen LogP contribution in [-0.4, -0.2) is 28.3 Å². The zero-order chi connectivity index (χ0) is 16.9. The van der Waals surface area contributed by atoms with E-state index < -0.39 is 5.60 Å². The fourth-order valence-electron chi connectivity index (χ4n) is 1.81. The number of hydrogen-bond donors (Lipinski definition) is 3. The molecular formula is C17H23N3O3. The highest BCUT2D eigenvalue weighted by atomic mass is 16.4. The minimum Gasteiger partial charge on any atom is -0.439 e.